The highest BCUT2D eigenvalue weighted by Crippen LogP contribution is 2.41. The molecule has 0 fully saturated rings. The van der Waals surface area contributed by atoms with Gasteiger partial charge in [0.1, 0.15) is 11.6 Å². The van der Waals surface area contributed by atoms with E-state index in [1.165, 1.54) is 12.1 Å². The van der Waals surface area contributed by atoms with Gasteiger partial charge in [-0.15, -0.1) is 43.4 Å². The molecule has 4 unspecified atom stereocenters. The molecule has 28 heavy (non-hydrogen) atoms. The molecule has 1 aliphatic heterocycles. The number of hydrogen-bond donors (Lipinski definition) is 0. The fourth-order valence-electron chi connectivity index (χ4n) is 2.80. The van der Waals surface area contributed by atoms with Crippen molar-refractivity contribution in [2.24, 2.45) is 0 Å². The molecule has 2 aromatic carbocycles. The van der Waals surface area contributed by atoms with Crippen LogP contribution in [0.3, 0.4) is 0 Å². The van der Waals surface area contributed by atoms with E-state index in [-0.39, 0.29) is 43.8 Å². The van der Waals surface area contributed by atoms with E-state index >= 15 is 0 Å². The van der Waals surface area contributed by atoms with Crippen LogP contribution in [0.1, 0.15) is 0 Å². The lowest BCUT2D eigenvalue weighted by molar-refractivity contribution is -0.192. The normalized spacial score (nSPS) is 15.1. The van der Waals surface area contributed by atoms with E-state index in [4.69, 9.17) is 6.42 Å². The molecular weight excluding hydrogens is 450 g/mol. The standard InChI is InChI=1S/C17H13F4NO2P4/c1-2-3-22-7-4-6(9(25)5-8(7)24-17(20,21)16(22)23)10-11(18)14(27)15(28)12(19)13(10)26/h1,4-5H,3,25-28H2. The third kappa shape index (κ3) is 3.32. The van der Waals surface area contributed by atoms with Crippen molar-refractivity contribution in [3.8, 4) is 29.2 Å². The number of benzene rings is 2. The monoisotopic (exact) mass is 463 g/mol. The largest absolute Gasteiger partial charge is 0.483 e. The van der Waals surface area contributed by atoms with Gasteiger partial charge < -0.3 is 4.74 Å². The zero-order valence-electron chi connectivity index (χ0n) is 14.0. The Morgan fingerprint density at radius 1 is 1.07 bits per heavy atom. The number of alkyl halides is 2. The van der Waals surface area contributed by atoms with Crippen molar-refractivity contribution in [2.45, 2.75) is 6.11 Å². The van der Waals surface area contributed by atoms with Crippen LogP contribution in [0.2, 0.25) is 0 Å². The van der Waals surface area contributed by atoms with Crippen LogP contribution in [0.15, 0.2) is 12.1 Å². The van der Waals surface area contributed by atoms with Crippen molar-refractivity contribution in [3.05, 3.63) is 23.8 Å². The SMILES string of the molecule is C#CCN1C(=O)C(F)(F)Oc2cc(P)c(-c3c(F)c(P)c(P)c(F)c3P)cc21. The number of carbonyl (C=O) groups is 1. The highest BCUT2D eigenvalue weighted by atomic mass is 31.0. The number of fused-ring (bicyclic) bond motifs is 1. The van der Waals surface area contributed by atoms with Gasteiger partial charge in [0.15, 0.2) is 5.75 Å². The Balaban J connectivity index is 2.32. The lowest BCUT2D eigenvalue weighted by Gasteiger charge is -2.33. The molecule has 2 aromatic rings. The molecule has 0 saturated carbocycles. The number of halogens is 4. The van der Waals surface area contributed by atoms with Crippen molar-refractivity contribution < 1.29 is 27.1 Å². The minimum Gasteiger partial charge on any atom is -0.423 e. The van der Waals surface area contributed by atoms with Gasteiger partial charge in [-0.25, -0.2) is 8.78 Å². The third-order valence-electron chi connectivity index (χ3n) is 4.16. The summed E-state index contributed by atoms with van der Waals surface area (Å²) in [6.07, 6.45) is 1.12. The Morgan fingerprint density at radius 2 is 1.68 bits per heavy atom. The predicted octanol–water partition coefficient (Wildman–Crippen LogP) is 1.58. The van der Waals surface area contributed by atoms with Gasteiger partial charge in [0.25, 0.3) is 0 Å². The molecule has 4 atom stereocenters. The highest BCUT2D eigenvalue weighted by Gasteiger charge is 2.50. The van der Waals surface area contributed by atoms with Gasteiger partial charge in [-0.3, -0.25) is 9.69 Å². The molecule has 146 valence electrons. The van der Waals surface area contributed by atoms with E-state index in [1.54, 1.807) is 0 Å². The van der Waals surface area contributed by atoms with Crippen LogP contribution < -0.4 is 30.9 Å². The smallest absolute Gasteiger partial charge is 0.423 e. The first-order valence-corrected chi connectivity index (χ1v) is 9.89. The molecule has 0 aliphatic carbocycles. The number of hydrogen-bond acceptors (Lipinski definition) is 2. The van der Waals surface area contributed by atoms with Crippen molar-refractivity contribution in [2.75, 3.05) is 11.4 Å². The van der Waals surface area contributed by atoms with E-state index in [2.05, 4.69) is 47.6 Å². The van der Waals surface area contributed by atoms with Crippen LogP contribution >= 0.6 is 37.0 Å². The number of nitrogens with zero attached hydrogens (tertiary/aromatic N) is 1. The minimum atomic E-state index is -4.08. The molecule has 1 aliphatic rings. The Kier molecular flexibility index (Phi) is 5.75. The van der Waals surface area contributed by atoms with Crippen LogP contribution in [-0.4, -0.2) is 18.6 Å². The summed E-state index contributed by atoms with van der Waals surface area (Å²) in [7, 11) is 8.66. The van der Waals surface area contributed by atoms with Crippen LogP contribution in [0.4, 0.5) is 23.2 Å². The van der Waals surface area contributed by atoms with E-state index in [1.807, 2.05) is 0 Å². The van der Waals surface area contributed by atoms with Crippen molar-refractivity contribution in [1.29, 1.82) is 0 Å². The van der Waals surface area contributed by atoms with Gasteiger partial charge in [-0.1, -0.05) is 5.92 Å². The summed E-state index contributed by atoms with van der Waals surface area (Å²) in [4.78, 5) is 12.7. The second-order valence-corrected chi connectivity index (χ2v) is 8.22. The van der Waals surface area contributed by atoms with Crippen LogP contribution in [0, 0.1) is 24.0 Å². The molecule has 0 spiro atoms. The van der Waals surface area contributed by atoms with Gasteiger partial charge in [0.05, 0.1) is 12.2 Å². The molecule has 1 amide bonds. The number of rotatable bonds is 2. The summed E-state index contributed by atoms with van der Waals surface area (Å²) in [5.41, 5.74) is 0.0407. The average Bonchev–Trinajstić information content (AvgIpc) is 2.63. The van der Waals surface area contributed by atoms with Gasteiger partial charge >= 0.3 is 12.0 Å². The first-order chi connectivity index (χ1) is 13.0. The summed E-state index contributed by atoms with van der Waals surface area (Å²) < 4.78 is 61.7. The third-order valence-corrected chi connectivity index (χ3v) is 6.64. The predicted molar refractivity (Wildman–Crippen MR) is 116 cm³/mol. The van der Waals surface area contributed by atoms with Crippen molar-refractivity contribution >= 4 is 69.8 Å². The van der Waals surface area contributed by atoms with Gasteiger partial charge in [-0.2, -0.15) is 8.78 Å². The summed E-state index contributed by atoms with van der Waals surface area (Å²) in [5.74, 6) is -1.16. The van der Waals surface area contributed by atoms with E-state index in [9.17, 15) is 22.4 Å². The van der Waals surface area contributed by atoms with Gasteiger partial charge in [0.2, 0.25) is 0 Å². The first kappa shape index (κ1) is 21.4. The van der Waals surface area contributed by atoms with Crippen LogP contribution in [-0.2, 0) is 4.79 Å². The Hall–Kier alpha value is -1.29. The Morgan fingerprint density at radius 3 is 2.29 bits per heavy atom. The number of carbonyl (C=O) groups excluding carboxylic acids is 1. The number of ether oxygens (including phenoxy) is 1. The molecule has 0 bridgehead atoms. The van der Waals surface area contributed by atoms with Crippen molar-refractivity contribution in [1.82, 2.24) is 0 Å². The Bertz CT molecular complexity index is 1040. The van der Waals surface area contributed by atoms with E-state index < -0.39 is 30.2 Å². The second-order valence-electron chi connectivity index (χ2n) is 5.87. The van der Waals surface area contributed by atoms with Gasteiger partial charge in [0, 0.05) is 21.5 Å². The molecule has 11 heteroatoms. The molecule has 3 nitrogen and oxygen atoms in total. The molecule has 0 aromatic heterocycles. The zero-order chi connectivity index (χ0) is 21.0. The van der Waals surface area contributed by atoms with Crippen LogP contribution in [0.25, 0.3) is 11.1 Å². The molecule has 0 saturated heterocycles. The maximum atomic E-state index is 15.0. The summed E-state index contributed by atoms with van der Waals surface area (Å²) in [5, 5.41) is 0.276. The quantitative estimate of drug-likeness (QED) is 0.385. The first-order valence-electron chi connectivity index (χ1n) is 7.58. The molecule has 0 radical (unpaired) electrons. The summed E-state index contributed by atoms with van der Waals surface area (Å²) in [6.45, 7) is -0.440. The fraction of sp³-hybridized carbons (Fsp3) is 0.118. The lowest BCUT2D eigenvalue weighted by atomic mass is 10.0. The topological polar surface area (TPSA) is 29.5 Å². The number of terminal acetylenes is 1. The average molecular weight is 463 g/mol. The highest BCUT2D eigenvalue weighted by molar-refractivity contribution is 7.36. The zero-order valence-corrected chi connectivity index (χ0v) is 18.6. The number of anilines is 1. The van der Waals surface area contributed by atoms with E-state index in [0.29, 0.717) is 4.90 Å². The molecular formula is C17H13F4NO2P4. The molecule has 3 rings (SSSR count). The second kappa shape index (κ2) is 7.51. The van der Waals surface area contributed by atoms with Crippen LogP contribution in [0.5, 0.6) is 5.75 Å². The molecule has 1 heterocycles. The number of amides is 1. The maximum absolute atomic E-state index is 15.0. The minimum absolute atomic E-state index is 0.00478. The lowest BCUT2D eigenvalue weighted by Crippen LogP contribution is -2.51. The Labute approximate surface area is 167 Å². The van der Waals surface area contributed by atoms with E-state index in [0.717, 1.165) is 0 Å². The summed E-state index contributed by atoms with van der Waals surface area (Å²) in [6, 6.07) is 2.48. The van der Waals surface area contributed by atoms with Gasteiger partial charge in [-0.05, 0) is 23.0 Å². The molecule has 0 N–H and O–H groups in total. The van der Waals surface area contributed by atoms with Crippen molar-refractivity contribution in [3.63, 3.8) is 0 Å². The fourth-order valence-corrected chi connectivity index (χ4v) is 4.33. The summed E-state index contributed by atoms with van der Waals surface area (Å²) >= 11 is 0. The maximum Gasteiger partial charge on any atom is 0.483 e.